The lowest BCUT2D eigenvalue weighted by Gasteiger charge is -2.01. The predicted octanol–water partition coefficient (Wildman–Crippen LogP) is 2.44. The molecule has 58 valence electrons. The number of benzene rings is 1. The lowest BCUT2D eigenvalue weighted by molar-refractivity contribution is 1.17. The maximum Gasteiger partial charge on any atom is 0.108 e. The van der Waals surface area contributed by atoms with Crippen LogP contribution in [0.15, 0.2) is 34.5 Å². The number of hydrogen-bond acceptors (Lipinski definition) is 3. The molecule has 0 fully saturated rings. The van der Waals surface area contributed by atoms with Gasteiger partial charge in [-0.15, -0.1) is 0 Å². The lowest BCUT2D eigenvalue weighted by atomic mass is 10.3. The van der Waals surface area contributed by atoms with Gasteiger partial charge in [0.05, 0.1) is 5.69 Å². The maximum absolute atomic E-state index is 3.94. The molecular weight excluding hydrogens is 138 g/mol. The van der Waals surface area contributed by atoms with E-state index >= 15 is 0 Å². The quantitative estimate of drug-likeness (QED) is 0.644. The minimum absolute atomic E-state index is 0.873. The monoisotopic (exact) mass is 149 g/mol. The van der Waals surface area contributed by atoms with Gasteiger partial charge in [0, 0.05) is 14.1 Å². The fourth-order valence-electron chi connectivity index (χ4n) is 0.880. The summed E-state index contributed by atoms with van der Waals surface area (Å²) in [4.78, 5) is 0. The summed E-state index contributed by atoms with van der Waals surface area (Å²) in [6.07, 6.45) is 0. The Bertz CT molecular complexity index is 255. The van der Waals surface area contributed by atoms with E-state index in [0.29, 0.717) is 0 Å². The molecule has 0 unspecified atom stereocenters. The van der Waals surface area contributed by atoms with Crippen LogP contribution in [0.25, 0.3) is 0 Å². The fraction of sp³-hybridized carbons (Fsp3) is 0.250. The topological polar surface area (TPSA) is 36.8 Å². The largest absolute Gasteiger partial charge is 0.386 e. The van der Waals surface area contributed by atoms with Crippen LogP contribution in [0.2, 0.25) is 0 Å². The Hall–Kier alpha value is -1.38. The van der Waals surface area contributed by atoms with Crippen molar-refractivity contribution in [3.8, 4) is 0 Å². The maximum atomic E-state index is 3.94. The molecule has 0 saturated carbocycles. The Morgan fingerprint density at radius 3 is 2.64 bits per heavy atom. The number of anilines is 1. The Morgan fingerprint density at radius 2 is 2.00 bits per heavy atom. The fourth-order valence-corrected chi connectivity index (χ4v) is 0.880. The van der Waals surface area contributed by atoms with E-state index in [1.165, 1.54) is 0 Å². The Labute approximate surface area is 66.2 Å². The van der Waals surface area contributed by atoms with Gasteiger partial charge in [0.1, 0.15) is 5.69 Å². The van der Waals surface area contributed by atoms with Crippen LogP contribution < -0.4 is 5.32 Å². The van der Waals surface area contributed by atoms with Gasteiger partial charge in [0.15, 0.2) is 0 Å². The Balaban J connectivity index is 3.02. The molecule has 1 aromatic carbocycles. The highest BCUT2D eigenvalue weighted by atomic mass is 15.1. The van der Waals surface area contributed by atoms with Crippen molar-refractivity contribution in [3.05, 3.63) is 24.3 Å². The average Bonchev–Trinajstić information content (AvgIpc) is 2.06. The van der Waals surface area contributed by atoms with Gasteiger partial charge in [-0.1, -0.05) is 12.1 Å². The van der Waals surface area contributed by atoms with Crippen molar-refractivity contribution in [3.63, 3.8) is 0 Å². The third-order valence-electron chi connectivity index (χ3n) is 1.38. The van der Waals surface area contributed by atoms with Crippen LogP contribution in [0.5, 0.6) is 0 Å². The molecule has 0 amide bonds. The summed E-state index contributed by atoms with van der Waals surface area (Å²) in [7, 11) is 3.52. The van der Waals surface area contributed by atoms with Crippen LogP contribution in [0.3, 0.4) is 0 Å². The third-order valence-corrected chi connectivity index (χ3v) is 1.38. The molecule has 0 aromatic heterocycles. The summed E-state index contributed by atoms with van der Waals surface area (Å²) in [5.74, 6) is 0. The van der Waals surface area contributed by atoms with Crippen LogP contribution in [0, 0.1) is 0 Å². The summed E-state index contributed by atoms with van der Waals surface area (Å²) in [6.45, 7) is 0. The van der Waals surface area contributed by atoms with Gasteiger partial charge in [-0.25, -0.2) is 0 Å². The van der Waals surface area contributed by atoms with Crippen molar-refractivity contribution in [1.29, 1.82) is 0 Å². The lowest BCUT2D eigenvalue weighted by Crippen LogP contribution is -1.86. The number of nitrogens with zero attached hydrogens (tertiary/aromatic N) is 2. The van der Waals surface area contributed by atoms with Gasteiger partial charge in [-0.2, -0.15) is 10.2 Å². The number of para-hydroxylation sites is 1. The standard InChI is InChI=1S/C8H11N3/c1-9-7-5-3-4-6-8(7)11-10-2/h3-6,9H,1-2H3/b11-10-. The molecular formula is C8H11N3. The first-order chi connectivity index (χ1) is 5.38. The van der Waals surface area contributed by atoms with Crippen LogP contribution in [0.1, 0.15) is 0 Å². The molecule has 3 heteroatoms. The van der Waals surface area contributed by atoms with Gasteiger partial charge in [-0.05, 0) is 12.1 Å². The van der Waals surface area contributed by atoms with Crippen LogP contribution in [-0.4, -0.2) is 14.1 Å². The zero-order chi connectivity index (χ0) is 8.10. The van der Waals surface area contributed by atoms with E-state index in [4.69, 9.17) is 0 Å². The molecule has 0 spiro atoms. The van der Waals surface area contributed by atoms with E-state index in [2.05, 4.69) is 15.5 Å². The minimum Gasteiger partial charge on any atom is -0.386 e. The van der Waals surface area contributed by atoms with Crippen LogP contribution in [0.4, 0.5) is 11.4 Å². The van der Waals surface area contributed by atoms with Crippen molar-refractivity contribution < 1.29 is 0 Å². The SMILES string of the molecule is C/N=N\c1ccccc1NC. The zero-order valence-electron chi connectivity index (χ0n) is 6.70. The second kappa shape index (κ2) is 3.71. The van der Waals surface area contributed by atoms with Gasteiger partial charge in [-0.3, -0.25) is 0 Å². The molecule has 0 heterocycles. The number of rotatable bonds is 2. The molecule has 0 radical (unpaired) electrons. The van der Waals surface area contributed by atoms with Crippen molar-refractivity contribution >= 4 is 11.4 Å². The van der Waals surface area contributed by atoms with Gasteiger partial charge >= 0.3 is 0 Å². The molecule has 0 aliphatic heterocycles. The molecule has 0 atom stereocenters. The minimum atomic E-state index is 0.873. The summed E-state index contributed by atoms with van der Waals surface area (Å²) in [5.41, 5.74) is 1.87. The molecule has 1 N–H and O–H groups in total. The molecule has 0 bridgehead atoms. The molecule has 1 aromatic rings. The number of azo groups is 1. The van der Waals surface area contributed by atoms with Crippen molar-refractivity contribution in [1.82, 2.24) is 0 Å². The first-order valence-corrected chi connectivity index (χ1v) is 3.45. The second-order valence-corrected chi connectivity index (χ2v) is 2.07. The third kappa shape index (κ3) is 1.77. The highest BCUT2D eigenvalue weighted by Gasteiger charge is 1.94. The number of nitrogens with one attached hydrogen (secondary N) is 1. The van der Waals surface area contributed by atoms with E-state index in [-0.39, 0.29) is 0 Å². The first-order valence-electron chi connectivity index (χ1n) is 3.45. The Morgan fingerprint density at radius 1 is 1.27 bits per heavy atom. The normalized spacial score (nSPS) is 10.4. The molecule has 3 nitrogen and oxygen atoms in total. The van der Waals surface area contributed by atoms with E-state index < -0.39 is 0 Å². The highest BCUT2D eigenvalue weighted by molar-refractivity contribution is 5.64. The van der Waals surface area contributed by atoms with Crippen LogP contribution in [-0.2, 0) is 0 Å². The predicted molar refractivity (Wildman–Crippen MR) is 46.4 cm³/mol. The second-order valence-electron chi connectivity index (χ2n) is 2.07. The highest BCUT2D eigenvalue weighted by Crippen LogP contribution is 2.23. The summed E-state index contributed by atoms with van der Waals surface area (Å²) < 4.78 is 0. The van der Waals surface area contributed by atoms with Gasteiger partial charge in [0.2, 0.25) is 0 Å². The van der Waals surface area contributed by atoms with Gasteiger partial charge in [0.25, 0.3) is 0 Å². The first kappa shape index (κ1) is 7.72. The molecule has 1 rings (SSSR count). The molecule has 11 heavy (non-hydrogen) atoms. The van der Waals surface area contributed by atoms with Crippen molar-refractivity contribution in [2.24, 2.45) is 10.2 Å². The summed E-state index contributed by atoms with van der Waals surface area (Å²) >= 11 is 0. The smallest absolute Gasteiger partial charge is 0.108 e. The summed E-state index contributed by atoms with van der Waals surface area (Å²) in [6, 6.07) is 7.77. The van der Waals surface area contributed by atoms with E-state index in [9.17, 15) is 0 Å². The molecule has 0 aliphatic carbocycles. The molecule has 0 saturated heterocycles. The molecule has 0 aliphatic rings. The van der Waals surface area contributed by atoms with E-state index in [0.717, 1.165) is 11.4 Å². The Kier molecular flexibility index (Phi) is 2.60. The van der Waals surface area contributed by atoms with Gasteiger partial charge < -0.3 is 5.32 Å². The van der Waals surface area contributed by atoms with E-state index in [1.54, 1.807) is 7.05 Å². The average molecular weight is 149 g/mol. The van der Waals surface area contributed by atoms with Crippen LogP contribution >= 0.6 is 0 Å². The number of hydrogen-bond donors (Lipinski definition) is 1. The van der Waals surface area contributed by atoms with E-state index in [1.807, 2.05) is 31.3 Å². The summed E-state index contributed by atoms with van der Waals surface area (Å²) in [5, 5.41) is 10.7. The zero-order valence-corrected chi connectivity index (χ0v) is 6.70. The van der Waals surface area contributed by atoms with Crippen molar-refractivity contribution in [2.75, 3.05) is 19.4 Å². The van der Waals surface area contributed by atoms with Crippen molar-refractivity contribution in [2.45, 2.75) is 0 Å².